The van der Waals surface area contributed by atoms with Gasteiger partial charge in [0, 0.05) is 11.8 Å². The van der Waals surface area contributed by atoms with Crippen LogP contribution in [-0.4, -0.2) is 25.2 Å². The molecule has 6 heteroatoms. The van der Waals surface area contributed by atoms with Crippen LogP contribution in [0.4, 0.5) is 5.69 Å². The molecule has 1 heterocycles. The molecule has 23 heavy (non-hydrogen) atoms. The average molecular weight is 334 g/mol. The third kappa shape index (κ3) is 3.68. The lowest BCUT2D eigenvalue weighted by Crippen LogP contribution is -2.30. The van der Waals surface area contributed by atoms with E-state index in [2.05, 4.69) is 5.32 Å². The summed E-state index contributed by atoms with van der Waals surface area (Å²) in [6, 6.07) is 12.3. The SMILES string of the molecule is C[C@H](Oc1ccccc1Cl)C(=O)Nc1ccc2c(c1)OCCO2. The smallest absolute Gasteiger partial charge is 0.265 e. The second kappa shape index (κ2) is 6.79. The molecule has 0 saturated carbocycles. The minimum atomic E-state index is -0.692. The fourth-order valence-corrected chi connectivity index (χ4v) is 2.33. The van der Waals surface area contributed by atoms with E-state index in [0.29, 0.717) is 41.2 Å². The summed E-state index contributed by atoms with van der Waals surface area (Å²) in [5.74, 6) is 1.49. The number of benzene rings is 2. The second-order valence-corrected chi connectivity index (χ2v) is 5.45. The van der Waals surface area contributed by atoms with Crippen molar-refractivity contribution in [2.24, 2.45) is 0 Å². The molecule has 1 amide bonds. The molecule has 2 aromatic carbocycles. The molecule has 2 aromatic rings. The standard InChI is InChI=1S/C17H16ClNO4/c1-11(23-14-5-3-2-4-13(14)18)17(20)19-12-6-7-15-16(10-12)22-9-8-21-15/h2-7,10-11H,8-9H2,1H3,(H,19,20)/t11-/m0/s1. The average Bonchev–Trinajstić information content (AvgIpc) is 2.56. The summed E-state index contributed by atoms with van der Waals surface area (Å²) in [6.07, 6.45) is -0.692. The van der Waals surface area contributed by atoms with Crippen molar-refractivity contribution in [3.8, 4) is 17.2 Å². The Morgan fingerprint density at radius 2 is 1.91 bits per heavy atom. The number of nitrogens with one attached hydrogen (secondary N) is 1. The molecule has 1 aliphatic rings. The summed E-state index contributed by atoms with van der Waals surface area (Å²) < 4.78 is 16.5. The second-order valence-electron chi connectivity index (χ2n) is 5.04. The van der Waals surface area contributed by atoms with Crippen molar-refractivity contribution in [2.45, 2.75) is 13.0 Å². The summed E-state index contributed by atoms with van der Waals surface area (Å²) in [7, 11) is 0. The molecule has 0 aliphatic carbocycles. The molecular weight excluding hydrogens is 318 g/mol. The molecule has 0 radical (unpaired) electrons. The topological polar surface area (TPSA) is 56.8 Å². The Bertz CT molecular complexity index is 719. The summed E-state index contributed by atoms with van der Waals surface area (Å²) in [5, 5.41) is 3.25. The number of fused-ring (bicyclic) bond motifs is 1. The highest BCUT2D eigenvalue weighted by Gasteiger charge is 2.18. The minimum Gasteiger partial charge on any atom is -0.486 e. The van der Waals surface area contributed by atoms with Gasteiger partial charge in [-0.2, -0.15) is 0 Å². The van der Waals surface area contributed by atoms with Crippen LogP contribution in [0.15, 0.2) is 42.5 Å². The van der Waals surface area contributed by atoms with Gasteiger partial charge in [0.1, 0.15) is 19.0 Å². The van der Waals surface area contributed by atoms with Gasteiger partial charge in [0.25, 0.3) is 5.91 Å². The van der Waals surface area contributed by atoms with Crippen molar-refractivity contribution in [1.82, 2.24) is 0 Å². The summed E-state index contributed by atoms with van der Waals surface area (Å²) in [4.78, 5) is 12.2. The van der Waals surface area contributed by atoms with Gasteiger partial charge in [-0.25, -0.2) is 0 Å². The predicted octanol–water partition coefficient (Wildman–Crippen LogP) is 3.52. The zero-order valence-corrected chi connectivity index (χ0v) is 13.3. The zero-order valence-electron chi connectivity index (χ0n) is 12.5. The Morgan fingerprint density at radius 1 is 1.17 bits per heavy atom. The number of carbonyl (C=O) groups excluding carboxylic acids is 1. The fraction of sp³-hybridized carbons (Fsp3) is 0.235. The van der Waals surface area contributed by atoms with E-state index in [0.717, 1.165) is 0 Å². The Hall–Kier alpha value is -2.40. The number of hydrogen-bond acceptors (Lipinski definition) is 4. The maximum atomic E-state index is 12.2. The Morgan fingerprint density at radius 3 is 2.70 bits per heavy atom. The van der Waals surface area contributed by atoms with Crippen LogP contribution in [-0.2, 0) is 4.79 Å². The van der Waals surface area contributed by atoms with Crippen molar-refractivity contribution in [3.05, 3.63) is 47.5 Å². The lowest BCUT2D eigenvalue weighted by Gasteiger charge is -2.20. The van der Waals surface area contributed by atoms with Gasteiger partial charge in [0.2, 0.25) is 0 Å². The van der Waals surface area contributed by atoms with Crippen LogP contribution in [0.1, 0.15) is 6.92 Å². The van der Waals surface area contributed by atoms with Crippen molar-refractivity contribution >= 4 is 23.2 Å². The van der Waals surface area contributed by atoms with Gasteiger partial charge in [-0.15, -0.1) is 0 Å². The van der Waals surface area contributed by atoms with Gasteiger partial charge in [0.05, 0.1) is 5.02 Å². The van der Waals surface area contributed by atoms with Crippen LogP contribution in [0.2, 0.25) is 5.02 Å². The lowest BCUT2D eigenvalue weighted by atomic mass is 10.2. The van der Waals surface area contributed by atoms with E-state index in [4.69, 9.17) is 25.8 Å². The van der Waals surface area contributed by atoms with Crippen LogP contribution < -0.4 is 19.5 Å². The molecular formula is C17H16ClNO4. The van der Waals surface area contributed by atoms with Gasteiger partial charge in [-0.3, -0.25) is 4.79 Å². The first-order valence-electron chi connectivity index (χ1n) is 7.25. The largest absolute Gasteiger partial charge is 0.486 e. The van der Waals surface area contributed by atoms with E-state index >= 15 is 0 Å². The lowest BCUT2D eigenvalue weighted by molar-refractivity contribution is -0.122. The first-order chi connectivity index (χ1) is 11.1. The molecule has 0 aromatic heterocycles. The first-order valence-corrected chi connectivity index (χ1v) is 7.63. The molecule has 1 N–H and O–H groups in total. The molecule has 3 rings (SSSR count). The number of halogens is 1. The van der Waals surface area contributed by atoms with Crippen LogP contribution in [0.25, 0.3) is 0 Å². The maximum Gasteiger partial charge on any atom is 0.265 e. The van der Waals surface area contributed by atoms with Crippen molar-refractivity contribution in [2.75, 3.05) is 18.5 Å². The predicted molar refractivity (Wildman–Crippen MR) is 87.6 cm³/mol. The number of para-hydroxylation sites is 1. The van der Waals surface area contributed by atoms with E-state index in [9.17, 15) is 4.79 Å². The van der Waals surface area contributed by atoms with Crippen LogP contribution in [0.3, 0.4) is 0 Å². The first kappa shape index (κ1) is 15.5. The molecule has 120 valence electrons. The summed E-state index contributed by atoms with van der Waals surface area (Å²) in [5.41, 5.74) is 0.619. The van der Waals surface area contributed by atoms with E-state index in [-0.39, 0.29) is 5.91 Å². The van der Waals surface area contributed by atoms with Crippen LogP contribution in [0, 0.1) is 0 Å². The van der Waals surface area contributed by atoms with Gasteiger partial charge in [0.15, 0.2) is 17.6 Å². The van der Waals surface area contributed by atoms with E-state index in [1.54, 1.807) is 49.4 Å². The number of anilines is 1. The van der Waals surface area contributed by atoms with Crippen LogP contribution in [0.5, 0.6) is 17.2 Å². The number of amides is 1. The highest BCUT2D eigenvalue weighted by Crippen LogP contribution is 2.32. The third-order valence-corrected chi connectivity index (χ3v) is 3.63. The number of hydrogen-bond donors (Lipinski definition) is 1. The highest BCUT2D eigenvalue weighted by molar-refractivity contribution is 6.32. The quantitative estimate of drug-likeness (QED) is 0.930. The molecule has 1 aliphatic heterocycles. The minimum absolute atomic E-state index is 0.276. The highest BCUT2D eigenvalue weighted by atomic mass is 35.5. The Kier molecular flexibility index (Phi) is 4.57. The number of carbonyl (C=O) groups is 1. The van der Waals surface area contributed by atoms with Crippen molar-refractivity contribution in [3.63, 3.8) is 0 Å². The van der Waals surface area contributed by atoms with Crippen molar-refractivity contribution < 1.29 is 19.0 Å². The van der Waals surface area contributed by atoms with Gasteiger partial charge in [-0.1, -0.05) is 23.7 Å². The number of ether oxygens (including phenoxy) is 3. The van der Waals surface area contributed by atoms with Gasteiger partial charge < -0.3 is 19.5 Å². The summed E-state index contributed by atoms with van der Waals surface area (Å²) >= 11 is 6.03. The molecule has 0 bridgehead atoms. The fourth-order valence-electron chi connectivity index (χ4n) is 2.15. The van der Waals surface area contributed by atoms with Crippen molar-refractivity contribution in [1.29, 1.82) is 0 Å². The molecule has 0 saturated heterocycles. The monoisotopic (exact) mass is 333 g/mol. The Balaban J connectivity index is 1.65. The Labute approximate surface area is 139 Å². The van der Waals surface area contributed by atoms with E-state index < -0.39 is 6.10 Å². The molecule has 5 nitrogen and oxygen atoms in total. The molecule has 0 fully saturated rings. The van der Waals surface area contributed by atoms with E-state index in [1.807, 2.05) is 0 Å². The normalized spacial score (nSPS) is 14.0. The molecule has 1 atom stereocenters. The third-order valence-electron chi connectivity index (χ3n) is 3.32. The van der Waals surface area contributed by atoms with Crippen LogP contribution >= 0.6 is 11.6 Å². The van der Waals surface area contributed by atoms with E-state index in [1.165, 1.54) is 0 Å². The summed E-state index contributed by atoms with van der Waals surface area (Å²) in [6.45, 7) is 2.69. The maximum absolute atomic E-state index is 12.2. The van der Waals surface area contributed by atoms with Gasteiger partial charge >= 0.3 is 0 Å². The zero-order chi connectivity index (χ0) is 16.2. The number of rotatable bonds is 4. The molecule has 0 unspecified atom stereocenters. The molecule has 0 spiro atoms. The van der Waals surface area contributed by atoms with Gasteiger partial charge in [-0.05, 0) is 31.2 Å².